The molecule has 1 atom stereocenters. The third-order valence-electron chi connectivity index (χ3n) is 4.54. The van der Waals surface area contributed by atoms with Crippen molar-refractivity contribution in [1.29, 1.82) is 0 Å². The van der Waals surface area contributed by atoms with Gasteiger partial charge in [0.05, 0.1) is 6.54 Å². The van der Waals surface area contributed by atoms with Crippen LogP contribution in [0.3, 0.4) is 0 Å². The predicted octanol–water partition coefficient (Wildman–Crippen LogP) is 4.17. The van der Waals surface area contributed by atoms with E-state index in [9.17, 15) is 4.79 Å². The van der Waals surface area contributed by atoms with E-state index in [-0.39, 0.29) is 12.5 Å². The quantitative estimate of drug-likeness (QED) is 0.616. The van der Waals surface area contributed by atoms with Gasteiger partial charge in [-0.3, -0.25) is 4.79 Å². The summed E-state index contributed by atoms with van der Waals surface area (Å²) in [6.45, 7) is 6.14. The Morgan fingerprint density at radius 2 is 1.86 bits per heavy atom. The Balaban J connectivity index is 1.66. The number of ether oxygens (including phenoxy) is 1. The molecule has 0 aliphatic carbocycles. The highest BCUT2D eigenvalue weighted by Crippen LogP contribution is 2.20. The van der Waals surface area contributed by atoms with E-state index < -0.39 is 6.10 Å². The highest BCUT2D eigenvalue weighted by Gasteiger charge is 2.24. The summed E-state index contributed by atoms with van der Waals surface area (Å²) >= 11 is 0. The van der Waals surface area contributed by atoms with E-state index in [4.69, 9.17) is 9.26 Å². The van der Waals surface area contributed by atoms with Crippen LogP contribution in [0.4, 0.5) is 0 Å². The van der Waals surface area contributed by atoms with E-state index in [1.165, 1.54) is 0 Å². The second-order valence-corrected chi connectivity index (χ2v) is 6.85. The summed E-state index contributed by atoms with van der Waals surface area (Å²) in [5.41, 5.74) is 3.04. The number of para-hydroxylation sites is 1. The molecule has 2 aromatic carbocycles. The zero-order valence-electron chi connectivity index (χ0n) is 16.7. The van der Waals surface area contributed by atoms with E-state index in [0.29, 0.717) is 18.1 Å². The highest BCUT2D eigenvalue weighted by atomic mass is 16.5. The number of amides is 1. The number of likely N-dealkylation sites (N-methyl/N-ethyl adjacent to an activating group) is 1. The van der Waals surface area contributed by atoms with Crippen LogP contribution in [-0.4, -0.2) is 34.1 Å². The van der Waals surface area contributed by atoms with Gasteiger partial charge in [-0.15, -0.1) is 0 Å². The van der Waals surface area contributed by atoms with Crippen molar-refractivity contribution in [2.24, 2.45) is 0 Å². The number of hydrogen-bond donors (Lipinski definition) is 0. The molecule has 0 N–H and O–H groups in total. The normalized spacial score (nSPS) is 11.9. The number of hydrogen-bond acceptors (Lipinski definition) is 5. The van der Waals surface area contributed by atoms with E-state index in [0.717, 1.165) is 22.4 Å². The van der Waals surface area contributed by atoms with Gasteiger partial charge in [-0.2, -0.15) is 4.98 Å². The number of benzene rings is 2. The number of carbonyl (C=O) groups excluding carboxylic acids is 1. The number of carbonyl (C=O) groups is 1. The second-order valence-electron chi connectivity index (χ2n) is 6.85. The van der Waals surface area contributed by atoms with Gasteiger partial charge in [-0.25, -0.2) is 0 Å². The standard InChI is InChI=1S/C22H25N3O3/c1-5-18(27-19-9-7-6-8-16(19)3)22(26)25(4)14-20-23-21(24-28-20)17-12-10-15(2)11-13-17/h6-13,18H,5,14H2,1-4H3/t18-/m0/s1. The van der Waals surface area contributed by atoms with Crippen molar-refractivity contribution in [3.8, 4) is 17.1 Å². The van der Waals surface area contributed by atoms with Gasteiger partial charge in [-0.05, 0) is 31.9 Å². The lowest BCUT2D eigenvalue weighted by atomic mass is 10.1. The first-order valence-corrected chi connectivity index (χ1v) is 9.34. The number of aryl methyl sites for hydroxylation is 2. The van der Waals surface area contributed by atoms with Crippen LogP contribution in [0.5, 0.6) is 5.75 Å². The minimum Gasteiger partial charge on any atom is -0.480 e. The largest absolute Gasteiger partial charge is 0.480 e. The Labute approximate surface area is 165 Å². The Kier molecular flexibility index (Phi) is 6.09. The molecule has 1 aromatic heterocycles. The van der Waals surface area contributed by atoms with Crippen molar-refractivity contribution in [3.05, 3.63) is 65.5 Å². The molecule has 28 heavy (non-hydrogen) atoms. The first-order valence-electron chi connectivity index (χ1n) is 9.34. The fourth-order valence-electron chi connectivity index (χ4n) is 2.82. The molecule has 0 radical (unpaired) electrons. The molecule has 1 amide bonds. The van der Waals surface area contributed by atoms with Gasteiger partial charge < -0.3 is 14.2 Å². The summed E-state index contributed by atoms with van der Waals surface area (Å²) in [7, 11) is 1.71. The molecule has 146 valence electrons. The van der Waals surface area contributed by atoms with Crippen LogP contribution in [0.25, 0.3) is 11.4 Å². The van der Waals surface area contributed by atoms with Crippen molar-refractivity contribution in [2.45, 2.75) is 39.8 Å². The van der Waals surface area contributed by atoms with Crippen LogP contribution in [-0.2, 0) is 11.3 Å². The topological polar surface area (TPSA) is 68.5 Å². The van der Waals surface area contributed by atoms with Crippen LogP contribution in [0, 0.1) is 13.8 Å². The van der Waals surface area contributed by atoms with Crippen molar-refractivity contribution < 1.29 is 14.1 Å². The summed E-state index contributed by atoms with van der Waals surface area (Å²) in [5.74, 6) is 1.49. The molecule has 6 heteroatoms. The van der Waals surface area contributed by atoms with Crippen LogP contribution >= 0.6 is 0 Å². The summed E-state index contributed by atoms with van der Waals surface area (Å²) in [6, 6.07) is 15.6. The minimum absolute atomic E-state index is 0.124. The zero-order valence-corrected chi connectivity index (χ0v) is 16.7. The molecule has 3 aromatic rings. The molecule has 0 bridgehead atoms. The highest BCUT2D eigenvalue weighted by molar-refractivity contribution is 5.81. The van der Waals surface area contributed by atoms with Gasteiger partial charge >= 0.3 is 0 Å². The molecule has 0 fully saturated rings. The molecule has 1 heterocycles. The van der Waals surface area contributed by atoms with Gasteiger partial charge in [0.25, 0.3) is 5.91 Å². The molecule has 0 aliphatic rings. The predicted molar refractivity (Wildman–Crippen MR) is 107 cm³/mol. The van der Waals surface area contributed by atoms with E-state index in [2.05, 4.69) is 10.1 Å². The summed E-state index contributed by atoms with van der Waals surface area (Å²) in [4.78, 5) is 18.8. The Bertz CT molecular complexity index is 934. The Morgan fingerprint density at radius 1 is 1.14 bits per heavy atom. The Hall–Kier alpha value is -3.15. The smallest absolute Gasteiger partial charge is 0.263 e. The van der Waals surface area contributed by atoms with E-state index >= 15 is 0 Å². The maximum atomic E-state index is 12.8. The van der Waals surface area contributed by atoms with Gasteiger partial charge in [0.1, 0.15) is 5.75 Å². The fourth-order valence-corrected chi connectivity index (χ4v) is 2.82. The summed E-state index contributed by atoms with van der Waals surface area (Å²) in [6.07, 6.45) is 0.00117. The van der Waals surface area contributed by atoms with Crippen molar-refractivity contribution >= 4 is 5.91 Å². The van der Waals surface area contributed by atoms with Gasteiger partial charge in [0, 0.05) is 12.6 Å². The van der Waals surface area contributed by atoms with Crippen molar-refractivity contribution in [2.75, 3.05) is 7.05 Å². The maximum absolute atomic E-state index is 12.8. The average molecular weight is 379 g/mol. The lowest BCUT2D eigenvalue weighted by Crippen LogP contribution is -2.39. The Morgan fingerprint density at radius 3 is 2.54 bits per heavy atom. The second kappa shape index (κ2) is 8.69. The van der Waals surface area contributed by atoms with Crippen LogP contribution < -0.4 is 4.74 Å². The number of rotatable bonds is 7. The van der Waals surface area contributed by atoms with Gasteiger partial charge in [0.15, 0.2) is 6.10 Å². The lowest BCUT2D eigenvalue weighted by molar-refractivity contribution is -0.138. The number of aromatic nitrogens is 2. The molecule has 3 rings (SSSR count). The summed E-state index contributed by atoms with van der Waals surface area (Å²) < 4.78 is 11.3. The first-order chi connectivity index (χ1) is 13.5. The first kappa shape index (κ1) is 19.6. The van der Waals surface area contributed by atoms with Crippen LogP contribution in [0.1, 0.15) is 30.4 Å². The molecule has 0 aliphatic heterocycles. The molecule has 0 saturated carbocycles. The molecule has 6 nitrogen and oxygen atoms in total. The lowest BCUT2D eigenvalue weighted by Gasteiger charge is -2.23. The molecule has 0 spiro atoms. The van der Waals surface area contributed by atoms with Gasteiger partial charge in [0.2, 0.25) is 11.7 Å². The maximum Gasteiger partial charge on any atom is 0.263 e. The SMILES string of the molecule is CC[C@H](Oc1ccccc1C)C(=O)N(C)Cc1nc(-c2ccc(C)cc2)no1. The summed E-state index contributed by atoms with van der Waals surface area (Å²) in [5, 5.41) is 4.02. The van der Waals surface area contributed by atoms with Crippen LogP contribution in [0.15, 0.2) is 53.1 Å². The van der Waals surface area contributed by atoms with Gasteiger partial charge in [-0.1, -0.05) is 60.1 Å². The monoisotopic (exact) mass is 379 g/mol. The zero-order chi connectivity index (χ0) is 20.1. The number of nitrogens with zero attached hydrogens (tertiary/aromatic N) is 3. The van der Waals surface area contributed by atoms with Crippen molar-refractivity contribution in [1.82, 2.24) is 15.0 Å². The van der Waals surface area contributed by atoms with E-state index in [1.807, 2.05) is 69.3 Å². The van der Waals surface area contributed by atoms with Crippen LogP contribution in [0.2, 0.25) is 0 Å². The molecule has 0 unspecified atom stereocenters. The fraction of sp³-hybridized carbons (Fsp3) is 0.318. The third-order valence-corrected chi connectivity index (χ3v) is 4.54. The minimum atomic E-state index is -0.564. The van der Waals surface area contributed by atoms with E-state index in [1.54, 1.807) is 11.9 Å². The average Bonchev–Trinajstić information content (AvgIpc) is 3.16. The van der Waals surface area contributed by atoms with Crippen molar-refractivity contribution in [3.63, 3.8) is 0 Å². The molecule has 0 saturated heterocycles. The molecular formula is C22H25N3O3. The molecular weight excluding hydrogens is 354 g/mol. The third kappa shape index (κ3) is 4.57.